The lowest BCUT2D eigenvalue weighted by atomic mass is 9.97. The molecule has 1 saturated heterocycles. The van der Waals surface area contributed by atoms with Crippen LogP contribution in [0.5, 0.6) is 0 Å². The molecule has 1 fully saturated rings. The maximum absolute atomic E-state index is 10.0. The first-order valence-corrected chi connectivity index (χ1v) is 12.1. The summed E-state index contributed by atoms with van der Waals surface area (Å²) in [5.74, 6) is 1.16. The fourth-order valence-corrected chi connectivity index (χ4v) is 4.91. The van der Waals surface area contributed by atoms with Gasteiger partial charge in [-0.3, -0.25) is 4.79 Å². The Hall–Kier alpha value is -3.11. The van der Waals surface area contributed by atoms with Crippen LogP contribution in [-0.2, 0) is 22.4 Å². The third kappa shape index (κ3) is 6.02. The van der Waals surface area contributed by atoms with Gasteiger partial charge >= 0.3 is 0 Å². The van der Waals surface area contributed by atoms with Crippen molar-refractivity contribution in [1.29, 1.82) is 5.41 Å². The maximum atomic E-state index is 10.0. The number of nitrogens with two attached hydrogens (primary N) is 1. The molecular formula is C23H31N7O2S. The summed E-state index contributed by atoms with van der Waals surface area (Å²) < 4.78 is 5.00. The van der Waals surface area contributed by atoms with E-state index in [9.17, 15) is 4.79 Å². The van der Waals surface area contributed by atoms with E-state index in [-0.39, 0.29) is 0 Å². The summed E-state index contributed by atoms with van der Waals surface area (Å²) in [5, 5.41) is 11.8. The van der Waals surface area contributed by atoms with E-state index in [4.69, 9.17) is 15.9 Å². The second-order valence-corrected chi connectivity index (χ2v) is 8.42. The van der Waals surface area contributed by atoms with Crippen LogP contribution in [0.2, 0.25) is 0 Å². The lowest BCUT2D eigenvalue weighted by Crippen LogP contribution is -2.34. The van der Waals surface area contributed by atoms with Crippen LogP contribution in [0.4, 0.5) is 17.3 Å². The largest absolute Gasteiger partial charge is 0.383 e. The average molecular weight is 470 g/mol. The number of ether oxygens (including phenoxy) is 1. The molecule has 0 bridgehead atoms. The normalized spacial score (nSPS) is 14.8. The number of carbonyl (C=O) groups is 1. The van der Waals surface area contributed by atoms with Crippen molar-refractivity contribution in [3.05, 3.63) is 34.6 Å². The Bertz CT molecular complexity index is 1080. The van der Waals surface area contributed by atoms with Crippen molar-refractivity contribution in [3.8, 4) is 0 Å². The van der Waals surface area contributed by atoms with Gasteiger partial charge in [-0.25, -0.2) is 15.0 Å². The molecule has 10 heteroatoms. The number of morpholine rings is 1. The lowest BCUT2D eigenvalue weighted by Gasteiger charge is -2.21. The molecule has 0 unspecified atom stereocenters. The Kier molecular flexibility index (Phi) is 9.08. The predicted octanol–water partition coefficient (Wildman–Crippen LogP) is 3.79. The first kappa shape index (κ1) is 24.5. The number of carbonyl (C=O) groups excluding carboxylic acids is 1. The summed E-state index contributed by atoms with van der Waals surface area (Å²) >= 11 is 1.77. The number of nitrogens with one attached hydrogen (secondary N) is 2. The van der Waals surface area contributed by atoms with Crippen molar-refractivity contribution in [2.45, 2.75) is 39.5 Å². The highest BCUT2D eigenvalue weighted by atomic mass is 32.1. The van der Waals surface area contributed by atoms with Gasteiger partial charge in [-0.1, -0.05) is 13.8 Å². The zero-order valence-electron chi connectivity index (χ0n) is 19.1. The lowest BCUT2D eigenvalue weighted by molar-refractivity contribution is -0.121. The number of nitrogens with zero attached hydrogens (tertiary/aromatic N) is 4. The third-order valence-corrected chi connectivity index (χ3v) is 6.51. The van der Waals surface area contributed by atoms with E-state index >= 15 is 0 Å². The molecule has 5 rings (SSSR count). The Morgan fingerprint density at radius 1 is 1.18 bits per heavy atom. The molecule has 1 amide bonds. The van der Waals surface area contributed by atoms with Crippen molar-refractivity contribution in [3.63, 3.8) is 0 Å². The minimum absolute atomic E-state index is 0.353. The van der Waals surface area contributed by atoms with Gasteiger partial charge in [0, 0.05) is 29.7 Å². The van der Waals surface area contributed by atoms with E-state index in [1.807, 2.05) is 19.9 Å². The van der Waals surface area contributed by atoms with Gasteiger partial charge in [-0.2, -0.15) is 0 Å². The summed E-state index contributed by atoms with van der Waals surface area (Å²) in [5.41, 5.74) is 8.49. The van der Waals surface area contributed by atoms with Gasteiger partial charge in [0.1, 0.15) is 22.8 Å². The van der Waals surface area contributed by atoms with Gasteiger partial charge in [-0.05, 0) is 37.3 Å². The van der Waals surface area contributed by atoms with Crippen molar-refractivity contribution in [1.82, 2.24) is 19.9 Å². The molecule has 176 valence electrons. The van der Waals surface area contributed by atoms with Crippen LogP contribution in [0.3, 0.4) is 0 Å². The van der Waals surface area contributed by atoms with E-state index in [2.05, 4.69) is 20.3 Å². The van der Waals surface area contributed by atoms with Gasteiger partial charge in [0.05, 0.1) is 30.5 Å². The molecule has 0 aromatic carbocycles. The van der Waals surface area contributed by atoms with Crippen LogP contribution in [0.1, 0.15) is 42.7 Å². The molecule has 33 heavy (non-hydrogen) atoms. The van der Waals surface area contributed by atoms with Gasteiger partial charge in [0.2, 0.25) is 6.41 Å². The summed E-state index contributed by atoms with van der Waals surface area (Å²) in [6, 6.07) is 1.81. The summed E-state index contributed by atoms with van der Waals surface area (Å²) in [6.45, 7) is 6.89. The Morgan fingerprint density at radius 3 is 2.64 bits per heavy atom. The highest BCUT2D eigenvalue weighted by Gasteiger charge is 2.20. The number of aryl methyl sites for hydroxylation is 2. The number of pyridine rings is 1. The van der Waals surface area contributed by atoms with Crippen LogP contribution in [0.15, 0.2) is 18.6 Å². The second-order valence-electron chi connectivity index (χ2n) is 7.33. The zero-order chi connectivity index (χ0) is 23.6. The van der Waals surface area contributed by atoms with E-state index in [1.54, 1.807) is 28.8 Å². The Balaban J connectivity index is 0.000000258. The number of hydrogen-bond acceptors (Lipinski definition) is 9. The number of rotatable bonds is 4. The molecule has 4 N–H and O–H groups in total. The number of nitrogen functional groups attached to an aromatic ring is 1. The fourth-order valence-electron chi connectivity index (χ4n) is 3.68. The third-order valence-electron chi connectivity index (χ3n) is 5.31. The number of hydrogen-bond donors (Lipinski definition) is 3. The Morgan fingerprint density at radius 2 is 1.94 bits per heavy atom. The predicted molar refractivity (Wildman–Crippen MR) is 134 cm³/mol. The van der Waals surface area contributed by atoms with E-state index in [0.29, 0.717) is 24.6 Å². The molecule has 2 aliphatic rings. The van der Waals surface area contributed by atoms with Crippen LogP contribution in [0, 0.1) is 5.41 Å². The highest BCUT2D eigenvalue weighted by Crippen LogP contribution is 2.38. The molecule has 0 spiro atoms. The highest BCUT2D eigenvalue weighted by molar-refractivity contribution is 7.19. The smallest absolute Gasteiger partial charge is 0.209 e. The van der Waals surface area contributed by atoms with Crippen molar-refractivity contribution in [2.75, 3.05) is 37.4 Å². The number of aromatic nitrogens is 3. The molecule has 1 aliphatic carbocycles. The molecule has 1 aliphatic heterocycles. The monoisotopic (exact) mass is 469 g/mol. The van der Waals surface area contributed by atoms with Crippen molar-refractivity contribution in [2.24, 2.45) is 0 Å². The maximum Gasteiger partial charge on any atom is 0.209 e. The number of fused-ring (bicyclic) bond motifs is 3. The quantitative estimate of drug-likeness (QED) is 0.391. The number of anilines is 3. The van der Waals surface area contributed by atoms with Crippen LogP contribution < -0.4 is 11.1 Å². The van der Waals surface area contributed by atoms with Gasteiger partial charge in [0.15, 0.2) is 0 Å². The number of amides is 1. The molecular weight excluding hydrogens is 438 g/mol. The Labute approximate surface area is 197 Å². The average Bonchev–Trinajstić information content (AvgIpc) is 3.27. The van der Waals surface area contributed by atoms with Crippen LogP contribution in [-0.4, -0.2) is 58.8 Å². The minimum Gasteiger partial charge on any atom is -0.383 e. The fraction of sp³-hybridized carbons (Fsp3) is 0.435. The van der Waals surface area contributed by atoms with Gasteiger partial charge < -0.3 is 26.1 Å². The van der Waals surface area contributed by atoms with Crippen LogP contribution >= 0.6 is 11.3 Å². The van der Waals surface area contributed by atoms with Crippen LogP contribution in [0.25, 0.3) is 10.2 Å². The number of thiophene rings is 1. The van der Waals surface area contributed by atoms with Gasteiger partial charge in [-0.15, -0.1) is 11.3 Å². The van der Waals surface area contributed by atoms with E-state index < -0.39 is 0 Å². The molecule has 0 radical (unpaired) electrons. The molecule has 9 nitrogen and oxygen atoms in total. The molecule has 4 heterocycles. The first-order chi connectivity index (χ1) is 16.2. The van der Waals surface area contributed by atoms with Gasteiger partial charge in [0.25, 0.3) is 0 Å². The molecule has 0 atom stereocenters. The standard InChI is InChI=1S/C16H16N6S.C5H9NO2.C2H6/c17-6-9-5-10(7-19-14(9)18)22-15-13-11-3-1-2-4-12(11)23-16(13)21-8-20-15;7-5-6-1-3-8-4-2-6;1-2/h5-8,17H,1-4H2,(H2,18,19)(H,20,21,22);5H,1-4H2;1-2H3. The topological polar surface area (TPSA) is 130 Å². The molecule has 3 aromatic rings. The van der Waals surface area contributed by atoms with E-state index in [0.717, 1.165) is 54.1 Å². The summed E-state index contributed by atoms with van der Waals surface area (Å²) in [6.07, 6.45) is 10.0. The minimum atomic E-state index is 0.353. The van der Waals surface area contributed by atoms with E-state index in [1.165, 1.54) is 29.5 Å². The molecule has 0 saturated carbocycles. The summed E-state index contributed by atoms with van der Waals surface area (Å²) in [7, 11) is 0. The second kappa shape index (κ2) is 12.2. The van der Waals surface area contributed by atoms with Crippen molar-refractivity contribution < 1.29 is 9.53 Å². The first-order valence-electron chi connectivity index (χ1n) is 11.2. The SMILES string of the molecule is CC.N=Cc1cc(Nc2ncnc3sc4c(c23)CCCC4)cnc1N.O=CN1CCOCC1. The summed E-state index contributed by atoms with van der Waals surface area (Å²) in [4.78, 5) is 27.2. The molecule has 3 aromatic heterocycles. The van der Waals surface area contributed by atoms with Crippen molar-refractivity contribution >= 4 is 51.5 Å². The zero-order valence-corrected chi connectivity index (χ0v) is 20.0.